The Morgan fingerprint density at radius 1 is 1.47 bits per heavy atom. The summed E-state index contributed by atoms with van der Waals surface area (Å²) in [5, 5.41) is 11.2. The Morgan fingerprint density at radius 2 is 2.24 bits per heavy atom. The fourth-order valence-corrected chi connectivity index (χ4v) is 2.88. The smallest absolute Gasteiger partial charge is 0.258 e. The lowest BCUT2D eigenvalue weighted by Crippen LogP contribution is -1.93. The minimum Gasteiger partial charge on any atom is -0.258 e. The van der Waals surface area contributed by atoms with Gasteiger partial charge in [-0.05, 0) is 36.3 Å². The predicted octanol–water partition coefficient (Wildman–Crippen LogP) is 2.95. The molecule has 0 saturated heterocycles. The average molecular weight is 289 g/mol. The largest absolute Gasteiger partial charge is 0.301 e. The highest BCUT2D eigenvalue weighted by Crippen LogP contribution is 2.34. The fourth-order valence-electron chi connectivity index (χ4n) is 1.03. The zero-order valence-electron chi connectivity index (χ0n) is 8.45. The maximum atomic E-state index is 10.8. The maximum absolute atomic E-state index is 10.8. The molecule has 0 unspecified atom stereocenters. The van der Waals surface area contributed by atoms with Crippen LogP contribution in [0.15, 0.2) is 21.5 Å². The van der Waals surface area contributed by atoms with Crippen LogP contribution in [0, 0.1) is 17.0 Å². The molecule has 0 aliphatic carbocycles. The van der Waals surface area contributed by atoms with Gasteiger partial charge in [0, 0.05) is 6.07 Å². The normalized spacial score (nSPS) is 10.5. The number of aryl methyl sites for hydroxylation is 1. The highest BCUT2D eigenvalue weighted by atomic mass is 35.5. The second-order valence-electron chi connectivity index (χ2n) is 2.92. The molecule has 0 amide bonds. The van der Waals surface area contributed by atoms with Crippen LogP contribution in [0.25, 0.3) is 0 Å². The van der Waals surface area contributed by atoms with E-state index in [2.05, 4.69) is 14.3 Å². The summed E-state index contributed by atoms with van der Waals surface area (Å²) >= 11 is 7.97. The number of halogens is 1. The first-order valence-electron chi connectivity index (χ1n) is 4.35. The van der Waals surface area contributed by atoms with Crippen molar-refractivity contribution < 1.29 is 4.92 Å². The molecule has 2 aromatic rings. The van der Waals surface area contributed by atoms with Gasteiger partial charge in [0.25, 0.3) is 0 Å². The molecule has 88 valence electrons. The predicted molar refractivity (Wildman–Crippen MR) is 64.7 cm³/mol. The highest BCUT2D eigenvalue weighted by Gasteiger charge is 2.18. The Labute approximate surface area is 109 Å². The monoisotopic (exact) mass is 288 g/mol. The lowest BCUT2D eigenvalue weighted by molar-refractivity contribution is -0.388. The van der Waals surface area contributed by atoms with E-state index in [9.17, 15) is 10.1 Å². The maximum Gasteiger partial charge on any atom is 0.301 e. The minimum atomic E-state index is -0.500. The molecule has 2 rings (SSSR count). The molecule has 9 heteroatoms. The number of nitro groups is 1. The van der Waals surface area contributed by atoms with Gasteiger partial charge in [0.2, 0.25) is 0 Å². The van der Waals surface area contributed by atoms with E-state index in [0.29, 0.717) is 10.2 Å². The molecule has 0 fully saturated rings. The second kappa shape index (κ2) is 4.94. The van der Waals surface area contributed by atoms with Gasteiger partial charge < -0.3 is 0 Å². The molecule has 0 saturated carbocycles. The number of hydrogen-bond acceptors (Lipinski definition) is 7. The Balaban J connectivity index is 2.37. The first kappa shape index (κ1) is 12.2. The Morgan fingerprint density at radius 3 is 2.82 bits per heavy atom. The number of nitrogens with zero attached hydrogens (tertiary/aromatic N) is 4. The number of rotatable bonds is 3. The number of pyridine rings is 1. The molecular formula is C8H5ClN4O2S2. The standard InChI is InChI=1S/C8H5ClN4O2S2/c1-4-10-8(17-12-4)16-7-5(13(14)15)2-3-6(9)11-7/h2-3H,1H3. The van der Waals surface area contributed by atoms with Crippen molar-refractivity contribution in [2.45, 2.75) is 16.3 Å². The molecule has 0 aliphatic heterocycles. The van der Waals surface area contributed by atoms with Crippen molar-refractivity contribution >= 4 is 40.6 Å². The van der Waals surface area contributed by atoms with E-state index in [-0.39, 0.29) is 15.9 Å². The molecule has 0 spiro atoms. The van der Waals surface area contributed by atoms with Crippen molar-refractivity contribution in [3.05, 3.63) is 33.2 Å². The molecule has 0 aliphatic rings. The topological polar surface area (TPSA) is 81.8 Å². The van der Waals surface area contributed by atoms with Gasteiger partial charge in [0.1, 0.15) is 11.0 Å². The van der Waals surface area contributed by atoms with E-state index >= 15 is 0 Å². The average Bonchev–Trinajstić information content (AvgIpc) is 2.63. The van der Waals surface area contributed by atoms with Gasteiger partial charge in [-0.2, -0.15) is 4.37 Å². The summed E-state index contributed by atoms with van der Waals surface area (Å²) in [6, 6.07) is 2.71. The first-order valence-corrected chi connectivity index (χ1v) is 6.32. The van der Waals surface area contributed by atoms with Gasteiger partial charge in [0.05, 0.1) is 4.92 Å². The quantitative estimate of drug-likeness (QED) is 0.490. The molecule has 6 nitrogen and oxygen atoms in total. The van der Waals surface area contributed by atoms with Gasteiger partial charge in [-0.15, -0.1) is 0 Å². The summed E-state index contributed by atoms with van der Waals surface area (Å²) in [7, 11) is 0. The van der Waals surface area contributed by atoms with Crippen LogP contribution in [0.1, 0.15) is 5.82 Å². The lowest BCUT2D eigenvalue weighted by atomic mass is 10.4. The summed E-state index contributed by atoms with van der Waals surface area (Å²) in [4.78, 5) is 18.3. The van der Waals surface area contributed by atoms with Crippen LogP contribution in [0.4, 0.5) is 5.69 Å². The van der Waals surface area contributed by atoms with E-state index < -0.39 is 4.92 Å². The molecule has 0 N–H and O–H groups in total. The summed E-state index contributed by atoms with van der Waals surface area (Å²) in [5.74, 6) is 0.627. The summed E-state index contributed by atoms with van der Waals surface area (Å²) < 4.78 is 4.59. The molecule has 2 aromatic heterocycles. The number of hydrogen-bond donors (Lipinski definition) is 0. The summed E-state index contributed by atoms with van der Waals surface area (Å²) in [6.45, 7) is 1.75. The van der Waals surface area contributed by atoms with Crippen LogP contribution < -0.4 is 0 Å². The van der Waals surface area contributed by atoms with Crippen molar-refractivity contribution in [2.75, 3.05) is 0 Å². The van der Waals surface area contributed by atoms with E-state index in [1.165, 1.54) is 23.7 Å². The van der Waals surface area contributed by atoms with Crippen molar-refractivity contribution in [3.8, 4) is 0 Å². The Bertz CT molecular complexity index is 574. The van der Waals surface area contributed by atoms with Crippen LogP contribution in [0.5, 0.6) is 0 Å². The van der Waals surface area contributed by atoms with Crippen molar-refractivity contribution in [1.29, 1.82) is 0 Å². The SMILES string of the molecule is Cc1nsc(Sc2nc(Cl)ccc2[N+](=O)[O-])n1. The number of aromatic nitrogens is 3. The van der Waals surface area contributed by atoms with Crippen molar-refractivity contribution in [2.24, 2.45) is 0 Å². The van der Waals surface area contributed by atoms with Crippen molar-refractivity contribution in [1.82, 2.24) is 14.3 Å². The van der Waals surface area contributed by atoms with Crippen LogP contribution in [-0.4, -0.2) is 19.3 Å². The van der Waals surface area contributed by atoms with Gasteiger partial charge >= 0.3 is 5.69 Å². The van der Waals surface area contributed by atoms with E-state index in [1.54, 1.807) is 6.92 Å². The molecule has 0 aromatic carbocycles. The molecule has 0 atom stereocenters. The van der Waals surface area contributed by atoms with Crippen LogP contribution >= 0.6 is 34.9 Å². The van der Waals surface area contributed by atoms with E-state index in [0.717, 1.165) is 11.8 Å². The second-order valence-corrected chi connectivity index (χ2v) is 5.30. The van der Waals surface area contributed by atoms with Gasteiger partial charge in [-0.3, -0.25) is 10.1 Å². The fraction of sp³-hybridized carbons (Fsp3) is 0.125. The van der Waals surface area contributed by atoms with Crippen LogP contribution in [-0.2, 0) is 0 Å². The zero-order valence-corrected chi connectivity index (χ0v) is 10.8. The third kappa shape index (κ3) is 2.90. The lowest BCUT2D eigenvalue weighted by Gasteiger charge is -1.99. The molecular weight excluding hydrogens is 284 g/mol. The Kier molecular flexibility index (Phi) is 3.55. The third-order valence-electron chi connectivity index (χ3n) is 1.70. The summed E-state index contributed by atoms with van der Waals surface area (Å²) in [5.41, 5.74) is -0.0905. The minimum absolute atomic E-state index is 0.0905. The van der Waals surface area contributed by atoms with E-state index in [4.69, 9.17) is 11.6 Å². The highest BCUT2D eigenvalue weighted by molar-refractivity contribution is 8.01. The molecule has 0 radical (unpaired) electrons. The first-order chi connectivity index (χ1) is 8.06. The third-order valence-corrected chi connectivity index (χ3v) is 3.74. The summed E-state index contributed by atoms with van der Waals surface area (Å²) in [6.07, 6.45) is 0. The molecule has 17 heavy (non-hydrogen) atoms. The van der Waals surface area contributed by atoms with Gasteiger partial charge in [0.15, 0.2) is 9.37 Å². The zero-order chi connectivity index (χ0) is 12.4. The van der Waals surface area contributed by atoms with Crippen LogP contribution in [0.3, 0.4) is 0 Å². The molecule has 0 bridgehead atoms. The Hall–Kier alpha value is -1.25. The van der Waals surface area contributed by atoms with Gasteiger partial charge in [-0.1, -0.05) is 11.6 Å². The van der Waals surface area contributed by atoms with Crippen LogP contribution in [0.2, 0.25) is 5.15 Å². The van der Waals surface area contributed by atoms with Crippen molar-refractivity contribution in [3.63, 3.8) is 0 Å². The molecule has 2 heterocycles. The van der Waals surface area contributed by atoms with Gasteiger partial charge in [-0.25, -0.2) is 9.97 Å². The van der Waals surface area contributed by atoms with E-state index in [1.807, 2.05) is 0 Å².